The summed E-state index contributed by atoms with van der Waals surface area (Å²) in [7, 11) is -4.39. The normalized spacial score (nSPS) is 29.7. The molecule has 14 nitrogen and oxygen atoms in total. The van der Waals surface area contributed by atoms with Gasteiger partial charge in [0, 0.05) is 23.8 Å². The number of alkyl halides is 1. The molecule has 4 amide bonds. The first kappa shape index (κ1) is 41.2. The Balaban J connectivity index is 1.36. The largest absolute Gasteiger partial charge is 0.478 e. The molecule has 1 saturated heterocycles. The molecule has 7 atom stereocenters. The van der Waals surface area contributed by atoms with Gasteiger partial charge in [0.15, 0.2) is 0 Å². The van der Waals surface area contributed by atoms with Crippen molar-refractivity contribution < 1.29 is 46.2 Å². The second-order valence-electron chi connectivity index (χ2n) is 16.9. The molecule has 2 aliphatic carbocycles. The van der Waals surface area contributed by atoms with Crippen molar-refractivity contribution in [1.82, 2.24) is 25.2 Å². The number of rotatable bonds is 9. The third kappa shape index (κ3) is 8.74. The molecule has 16 heteroatoms. The van der Waals surface area contributed by atoms with Gasteiger partial charge >= 0.3 is 6.09 Å². The minimum Gasteiger partial charge on any atom is -0.478 e. The van der Waals surface area contributed by atoms with Crippen molar-refractivity contribution in [2.24, 2.45) is 17.8 Å². The number of allylic oxidation sites excluding steroid dienone is 1. The van der Waals surface area contributed by atoms with E-state index in [2.05, 4.69) is 27.3 Å². The maximum absolute atomic E-state index is 14.8. The van der Waals surface area contributed by atoms with Crippen molar-refractivity contribution in [2.45, 2.75) is 121 Å². The number of hydrogen-bond donors (Lipinski definition) is 3. The number of benzene rings is 1. The third-order valence-electron chi connectivity index (χ3n) is 11.2. The highest BCUT2D eigenvalue weighted by Gasteiger charge is 2.64. The first-order valence-electron chi connectivity index (χ1n) is 19.5. The predicted molar refractivity (Wildman–Crippen MR) is 206 cm³/mol. The maximum atomic E-state index is 14.8. The molecule has 3 N–H and O–H groups in total. The highest BCUT2D eigenvalue weighted by molar-refractivity contribution is 7.91. The Morgan fingerprint density at radius 2 is 1.86 bits per heavy atom. The van der Waals surface area contributed by atoms with Crippen molar-refractivity contribution in [3.63, 3.8) is 0 Å². The molecule has 1 aromatic heterocycles. The molecule has 3 heterocycles. The summed E-state index contributed by atoms with van der Waals surface area (Å²) >= 11 is 0. The number of fused-ring (bicyclic) bond motifs is 3. The number of amides is 4. The Bertz CT molecular complexity index is 1980. The van der Waals surface area contributed by atoms with Crippen LogP contribution in [0.4, 0.5) is 9.18 Å². The number of nitrogens with zero attached hydrogens (tertiary/aromatic N) is 2. The Labute approximate surface area is 327 Å². The lowest BCUT2D eigenvalue weighted by Crippen LogP contribution is -2.59. The molecule has 6 rings (SSSR count). The zero-order chi connectivity index (χ0) is 40.6. The SMILES string of the molecule is CCOc1cc2ccccc2c(O[C@@H]2C[C@H]3C(=O)N[C@]4(C(=O)NS(=O)(=O)C5(CF)CC5)C[C@H]4/C=C\CC[C@@H](C)C[C@@H](C)[C@H](NC(=O)OC(C)(C)C)C(=O)N3C2)n1. The summed E-state index contributed by atoms with van der Waals surface area (Å²) in [5.41, 5.74) is -2.50. The standard InChI is InChI=1S/C40H54FN5O9S/c1-7-53-31-19-26-13-9-11-15-29(26)34(42-31)54-28-20-30-33(47)44-40(36(49)45-56(51,52)39(23-41)16-17-39)21-27(40)14-10-8-12-24(2)18-25(3)32(35(48)46(30)22-28)43-37(50)55-38(4,5)6/h9-11,13-15,19,24-25,27-28,30,32H,7-8,12,16-18,20-23H2,1-6H3,(H,43,50)(H,44,47)(H,45,49)/b14-10-/t24-,25-,27-,28-,30+,32+,40-/m1/s1. The van der Waals surface area contributed by atoms with E-state index < -0.39 is 80.5 Å². The van der Waals surface area contributed by atoms with Gasteiger partial charge in [0.2, 0.25) is 33.6 Å². The van der Waals surface area contributed by atoms with E-state index >= 15 is 0 Å². The molecule has 0 bridgehead atoms. The highest BCUT2D eigenvalue weighted by Crippen LogP contribution is 2.48. The Morgan fingerprint density at radius 1 is 1.12 bits per heavy atom. The summed E-state index contributed by atoms with van der Waals surface area (Å²) in [6.45, 7) is 10.1. The summed E-state index contributed by atoms with van der Waals surface area (Å²) in [5.74, 6) is -2.42. The minimum absolute atomic E-state index is 0.0160. The summed E-state index contributed by atoms with van der Waals surface area (Å²) in [5, 5.41) is 7.12. The van der Waals surface area contributed by atoms with Crippen LogP contribution in [0.15, 0.2) is 42.5 Å². The zero-order valence-corrected chi connectivity index (χ0v) is 33.7. The van der Waals surface area contributed by atoms with E-state index in [1.54, 1.807) is 26.8 Å². The van der Waals surface area contributed by atoms with E-state index in [0.29, 0.717) is 30.7 Å². The molecule has 306 valence electrons. The van der Waals surface area contributed by atoms with E-state index in [0.717, 1.165) is 11.8 Å². The highest BCUT2D eigenvalue weighted by atomic mass is 32.2. The van der Waals surface area contributed by atoms with Crippen LogP contribution < -0.4 is 24.8 Å². The average Bonchev–Trinajstić information content (AvgIpc) is 4.03. The van der Waals surface area contributed by atoms with Gasteiger partial charge < -0.3 is 29.7 Å². The van der Waals surface area contributed by atoms with E-state index in [1.165, 1.54) is 4.90 Å². The molecule has 0 unspecified atom stereocenters. The smallest absolute Gasteiger partial charge is 0.408 e. The number of ether oxygens (including phenoxy) is 3. The van der Waals surface area contributed by atoms with Crippen molar-refractivity contribution in [1.29, 1.82) is 0 Å². The topological polar surface area (TPSA) is 182 Å². The van der Waals surface area contributed by atoms with Crippen molar-refractivity contribution >= 4 is 44.6 Å². The summed E-state index contributed by atoms with van der Waals surface area (Å²) < 4.78 is 58.4. The summed E-state index contributed by atoms with van der Waals surface area (Å²) in [6, 6.07) is 6.95. The quantitative estimate of drug-likeness (QED) is 0.301. The van der Waals surface area contributed by atoms with Crippen LogP contribution in [0, 0.1) is 17.8 Å². The molecule has 3 fully saturated rings. The Morgan fingerprint density at radius 3 is 2.54 bits per heavy atom. The molecule has 56 heavy (non-hydrogen) atoms. The van der Waals surface area contributed by atoms with Crippen LogP contribution in [-0.4, -0.2) is 96.0 Å². The Hall–Kier alpha value is -4.47. The second kappa shape index (κ2) is 15.8. The molecule has 0 spiro atoms. The molecular formula is C40H54FN5O9S. The van der Waals surface area contributed by atoms with Crippen LogP contribution in [-0.2, 0) is 29.1 Å². The van der Waals surface area contributed by atoms with Crippen LogP contribution in [0.3, 0.4) is 0 Å². The molecule has 2 aliphatic heterocycles. The summed E-state index contributed by atoms with van der Waals surface area (Å²) in [6.07, 6.45) is 4.34. The van der Waals surface area contributed by atoms with Gasteiger partial charge in [-0.3, -0.25) is 19.1 Å². The van der Waals surface area contributed by atoms with Crippen LogP contribution in [0.5, 0.6) is 11.8 Å². The van der Waals surface area contributed by atoms with Crippen LogP contribution in [0.1, 0.15) is 86.5 Å². The van der Waals surface area contributed by atoms with Crippen LogP contribution >= 0.6 is 0 Å². The predicted octanol–water partition coefficient (Wildman–Crippen LogP) is 4.71. The molecule has 2 aromatic rings. The van der Waals surface area contributed by atoms with E-state index in [-0.39, 0.29) is 49.9 Å². The van der Waals surface area contributed by atoms with E-state index in [1.807, 2.05) is 50.3 Å². The fraction of sp³-hybridized carbons (Fsp3) is 0.625. The molecule has 2 saturated carbocycles. The molecule has 0 radical (unpaired) electrons. The van der Waals surface area contributed by atoms with Crippen molar-refractivity contribution in [2.75, 3.05) is 19.8 Å². The van der Waals surface area contributed by atoms with Gasteiger partial charge in [-0.2, -0.15) is 4.98 Å². The van der Waals surface area contributed by atoms with E-state index in [9.17, 15) is 32.0 Å². The first-order chi connectivity index (χ1) is 26.4. The maximum Gasteiger partial charge on any atom is 0.408 e. The summed E-state index contributed by atoms with van der Waals surface area (Å²) in [4.78, 5) is 62.4. The fourth-order valence-electron chi connectivity index (χ4n) is 7.80. The number of sulfonamides is 1. The zero-order valence-electron chi connectivity index (χ0n) is 32.9. The van der Waals surface area contributed by atoms with Crippen molar-refractivity contribution in [3.8, 4) is 11.8 Å². The first-order valence-corrected chi connectivity index (χ1v) is 21.0. The Kier molecular flexibility index (Phi) is 11.6. The molecule has 1 aromatic carbocycles. The number of pyridine rings is 1. The monoisotopic (exact) mass is 799 g/mol. The lowest BCUT2D eigenvalue weighted by atomic mass is 9.88. The number of halogens is 1. The van der Waals surface area contributed by atoms with Gasteiger partial charge in [0.1, 0.15) is 40.7 Å². The van der Waals surface area contributed by atoms with Gasteiger partial charge in [0.05, 0.1) is 13.2 Å². The van der Waals surface area contributed by atoms with Gasteiger partial charge in [-0.25, -0.2) is 17.6 Å². The number of carbonyl (C=O) groups excluding carboxylic acids is 4. The van der Waals surface area contributed by atoms with Crippen molar-refractivity contribution in [3.05, 3.63) is 42.5 Å². The number of alkyl carbamates (subject to hydrolysis) is 1. The van der Waals surface area contributed by atoms with Gasteiger partial charge in [0.25, 0.3) is 5.91 Å². The average molecular weight is 800 g/mol. The van der Waals surface area contributed by atoms with Crippen LogP contribution in [0.2, 0.25) is 0 Å². The van der Waals surface area contributed by atoms with Crippen LogP contribution in [0.25, 0.3) is 10.8 Å². The number of nitrogens with one attached hydrogen (secondary N) is 3. The van der Waals surface area contributed by atoms with Gasteiger partial charge in [-0.1, -0.05) is 44.2 Å². The van der Waals surface area contributed by atoms with E-state index in [4.69, 9.17) is 14.2 Å². The second-order valence-corrected chi connectivity index (χ2v) is 18.9. The molecular weight excluding hydrogens is 746 g/mol. The number of carbonyl (C=O) groups is 4. The number of aromatic nitrogens is 1. The van der Waals surface area contributed by atoms with Gasteiger partial charge in [-0.15, -0.1) is 0 Å². The number of hydrogen-bond acceptors (Lipinski definition) is 10. The fourth-order valence-corrected chi connectivity index (χ4v) is 9.22. The lowest BCUT2D eigenvalue weighted by Gasteiger charge is -2.33. The van der Waals surface area contributed by atoms with Gasteiger partial charge in [-0.05, 0) is 89.5 Å². The minimum atomic E-state index is -4.39. The third-order valence-corrected chi connectivity index (χ3v) is 13.3. The molecule has 4 aliphatic rings. The lowest BCUT2D eigenvalue weighted by molar-refractivity contribution is -0.142.